The van der Waals surface area contributed by atoms with Crippen LogP contribution in [0.25, 0.3) is 16.5 Å². The molecule has 0 fully saturated rings. The van der Waals surface area contributed by atoms with Crippen LogP contribution in [0.5, 0.6) is 0 Å². The average Bonchev–Trinajstić information content (AvgIpc) is 3.08. The fraction of sp³-hybridized carbons (Fsp3) is 0.250. The van der Waals surface area contributed by atoms with E-state index in [0.29, 0.717) is 0 Å². The second-order valence-electron chi connectivity index (χ2n) is 8.29. The van der Waals surface area contributed by atoms with E-state index >= 15 is 0 Å². The monoisotopic (exact) mass is 523 g/mol. The van der Waals surface area contributed by atoms with Gasteiger partial charge in [-0.15, -0.1) is 0 Å². The first-order valence-electron chi connectivity index (χ1n) is 10.2. The number of esters is 2. The summed E-state index contributed by atoms with van der Waals surface area (Å²) in [7, 11) is -4.36. The summed E-state index contributed by atoms with van der Waals surface area (Å²) in [6.07, 6.45) is 0. The van der Waals surface area contributed by atoms with E-state index in [-0.39, 0.29) is 43.6 Å². The maximum atomic E-state index is 13.8. The standard InChI is InChI=1S/C24H23Cl2NO6S/c1-6-32-23(29)21-19(14(2)22(28)33-24(3,4)5)20-17(26)12-15(25)13-18(20)27(21)34(30,31)16-10-8-7-9-11-16/h7-13H,2,6H2,1,3-5H3. The smallest absolute Gasteiger partial charge is 0.356 e. The molecule has 0 saturated heterocycles. The highest BCUT2D eigenvalue weighted by molar-refractivity contribution is 7.90. The van der Waals surface area contributed by atoms with E-state index in [1.807, 2.05) is 0 Å². The Morgan fingerprint density at radius 3 is 2.26 bits per heavy atom. The fourth-order valence-corrected chi connectivity index (χ4v) is 5.47. The van der Waals surface area contributed by atoms with Crippen molar-refractivity contribution in [3.8, 4) is 0 Å². The molecule has 0 amide bonds. The van der Waals surface area contributed by atoms with Gasteiger partial charge in [0, 0.05) is 16.0 Å². The second-order valence-corrected chi connectivity index (χ2v) is 10.9. The summed E-state index contributed by atoms with van der Waals surface area (Å²) >= 11 is 12.7. The summed E-state index contributed by atoms with van der Waals surface area (Å²) in [4.78, 5) is 26.0. The number of carbonyl (C=O) groups excluding carboxylic acids is 2. The van der Waals surface area contributed by atoms with Crippen LogP contribution in [-0.2, 0) is 24.3 Å². The number of ether oxygens (including phenoxy) is 2. The molecule has 0 aliphatic rings. The molecule has 7 nitrogen and oxygen atoms in total. The molecule has 0 saturated carbocycles. The van der Waals surface area contributed by atoms with Crippen LogP contribution in [0.2, 0.25) is 10.0 Å². The summed E-state index contributed by atoms with van der Waals surface area (Å²) in [5, 5.41) is 0.253. The molecule has 0 spiro atoms. The number of fused-ring (bicyclic) bond motifs is 1. The second kappa shape index (κ2) is 9.44. The minimum Gasteiger partial charge on any atom is -0.461 e. The Kier molecular flexibility index (Phi) is 7.17. The molecule has 0 aliphatic heterocycles. The van der Waals surface area contributed by atoms with Crippen molar-refractivity contribution in [3.05, 3.63) is 70.3 Å². The normalized spacial score (nSPS) is 11.9. The van der Waals surface area contributed by atoms with Gasteiger partial charge in [0.25, 0.3) is 10.0 Å². The minimum atomic E-state index is -4.36. The highest BCUT2D eigenvalue weighted by Crippen LogP contribution is 2.40. The van der Waals surface area contributed by atoms with Gasteiger partial charge in [-0.05, 0) is 52.0 Å². The SMILES string of the molecule is C=C(C(=O)OC(C)(C)C)c1c(C(=O)OCC)n(S(=O)(=O)c2ccccc2)c2cc(Cl)cc(Cl)c12. The number of halogens is 2. The fourth-order valence-electron chi connectivity index (χ4n) is 3.38. The van der Waals surface area contributed by atoms with Crippen LogP contribution in [-0.4, -0.2) is 36.5 Å². The van der Waals surface area contributed by atoms with Crippen LogP contribution in [0.4, 0.5) is 0 Å². The largest absolute Gasteiger partial charge is 0.461 e. The third-order valence-electron chi connectivity index (χ3n) is 4.64. The highest BCUT2D eigenvalue weighted by Gasteiger charge is 2.36. The van der Waals surface area contributed by atoms with E-state index in [0.717, 1.165) is 3.97 Å². The molecule has 0 bridgehead atoms. The average molecular weight is 524 g/mol. The molecule has 180 valence electrons. The summed E-state index contributed by atoms with van der Waals surface area (Å²) < 4.78 is 38.9. The van der Waals surface area contributed by atoms with Crippen LogP contribution in [0.3, 0.4) is 0 Å². The highest BCUT2D eigenvalue weighted by atomic mass is 35.5. The molecule has 3 aromatic rings. The molecule has 10 heteroatoms. The Morgan fingerprint density at radius 1 is 1.09 bits per heavy atom. The number of carbonyl (C=O) groups is 2. The van der Waals surface area contributed by atoms with Crippen LogP contribution in [0, 0.1) is 0 Å². The predicted molar refractivity (Wildman–Crippen MR) is 132 cm³/mol. The van der Waals surface area contributed by atoms with Crippen LogP contribution in [0.15, 0.2) is 53.9 Å². The van der Waals surface area contributed by atoms with E-state index in [1.54, 1.807) is 45.9 Å². The van der Waals surface area contributed by atoms with Gasteiger partial charge in [0.05, 0.1) is 27.6 Å². The molecule has 0 aliphatic carbocycles. The van der Waals surface area contributed by atoms with Crippen molar-refractivity contribution in [1.29, 1.82) is 0 Å². The summed E-state index contributed by atoms with van der Waals surface area (Å²) in [5.74, 6) is -1.83. The Hall–Kier alpha value is -2.81. The summed E-state index contributed by atoms with van der Waals surface area (Å²) in [6, 6.07) is 10.2. The molecule has 1 heterocycles. The molecule has 0 unspecified atom stereocenters. The van der Waals surface area contributed by atoms with Gasteiger partial charge in [-0.2, -0.15) is 0 Å². The molecule has 0 radical (unpaired) electrons. The van der Waals surface area contributed by atoms with Gasteiger partial charge < -0.3 is 9.47 Å². The first-order valence-corrected chi connectivity index (χ1v) is 12.4. The van der Waals surface area contributed by atoms with E-state index in [9.17, 15) is 18.0 Å². The number of rotatable bonds is 6. The molecule has 34 heavy (non-hydrogen) atoms. The quantitative estimate of drug-likeness (QED) is 0.303. The number of hydrogen-bond donors (Lipinski definition) is 0. The molecule has 2 aromatic carbocycles. The van der Waals surface area contributed by atoms with Gasteiger partial charge in [-0.1, -0.05) is 48.0 Å². The molecular weight excluding hydrogens is 501 g/mol. The first kappa shape index (κ1) is 25.8. The lowest BCUT2D eigenvalue weighted by Crippen LogP contribution is -2.25. The number of nitrogens with zero attached hydrogens (tertiary/aromatic N) is 1. The molecule has 1 aromatic heterocycles. The zero-order chi connectivity index (χ0) is 25.4. The molecule has 3 rings (SSSR count). The van der Waals surface area contributed by atoms with Crippen molar-refractivity contribution in [2.24, 2.45) is 0 Å². The Labute approximate surface area is 207 Å². The van der Waals surface area contributed by atoms with Crippen molar-refractivity contribution in [2.75, 3.05) is 6.61 Å². The van der Waals surface area contributed by atoms with Crippen molar-refractivity contribution in [1.82, 2.24) is 3.97 Å². The van der Waals surface area contributed by atoms with Crippen molar-refractivity contribution in [2.45, 2.75) is 38.2 Å². The van der Waals surface area contributed by atoms with Gasteiger partial charge in [-0.25, -0.2) is 22.0 Å². The minimum absolute atomic E-state index is 0.0101. The molecule has 0 N–H and O–H groups in total. The lowest BCUT2D eigenvalue weighted by Gasteiger charge is -2.20. The van der Waals surface area contributed by atoms with Gasteiger partial charge in [0.2, 0.25) is 0 Å². The van der Waals surface area contributed by atoms with E-state index in [4.69, 9.17) is 32.7 Å². The van der Waals surface area contributed by atoms with E-state index < -0.39 is 33.3 Å². The van der Waals surface area contributed by atoms with Crippen molar-refractivity contribution in [3.63, 3.8) is 0 Å². The maximum Gasteiger partial charge on any atom is 0.356 e. The van der Waals surface area contributed by atoms with Crippen LogP contribution in [0.1, 0.15) is 43.7 Å². The lowest BCUT2D eigenvalue weighted by molar-refractivity contribution is -0.147. The van der Waals surface area contributed by atoms with Gasteiger partial charge >= 0.3 is 11.9 Å². The topological polar surface area (TPSA) is 91.7 Å². The van der Waals surface area contributed by atoms with Gasteiger partial charge in [-0.3, -0.25) is 0 Å². The van der Waals surface area contributed by atoms with Crippen LogP contribution >= 0.6 is 23.2 Å². The first-order chi connectivity index (χ1) is 15.8. The summed E-state index contributed by atoms with van der Waals surface area (Å²) in [5.41, 5.74) is -1.67. The zero-order valence-electron chi connectivity index (χ0n) is 19.0. The Balaban J connectivity index is 2.49. The third-order valence-corrected chi connectivity index (χ3v) is 6.88. The van der Waals surface area contributed by atoms with Crippen molar-refractivity contribution >= 4 is 61.6 Å². The number of benzene rings is 2. The molecular formula is C24H23Cl2NO6S. The van der Waals surface area contributed by atoms with E-state index in [2.05, 4.69) is 6.58 Å². The summed E-state index contributed by atoms with van der Waals surface area (Å²) in [6.45, 7) is 10.3. The van der Waals surface area contributed by atoms with Gasteiger partial charge in [0.15, 0.2) is 5.69 Å². The third kappa shape index (κ3) is 4.85. The number of aromatic nitrogens is 1. The number of hydrogen-bond acceptors (Lipinski definition) is 6. The predicted octanol–water partition coefficient (Wildman–Crippen LogP) is 5.72. The lowest BCUT2D eigenvalue weighted by atomic mass is 10.0. The maximum absolute atomic E-state index is 13.8. The van der Waals surface area contributed by atoms with Crippen LogP contribution < -0.4 is 0 Å². The van der Waals surface area contributed by atoms with Crippen molar-refractivity contribution < 1.29 is 27.5 Å². The Bertz CT molecular complexity index is 1400. The zero-order valence-corrected chi connectivity index (χ0v) is 21.3. The van der Waals surface area contributed by atoms with E-state index in [1.165, 1.54) is 24.3 Å². The van der Waals surface area contributed by atoms with Gasteiger partial charge in [0.1, 0.15) is 5.60 Å². The molecule has 0 atom stereocenters. The Morgan fingerprint density at radius 2 is 1.71 bits per heavy atom.